The number of aromatic nitrogens is 1. The molecule has 0 amide bonds. The van der Waals surface area contributed by atoms with Crippen molar-refractivity contribution >= 4 is 39.2 Å². The molecular weight excluding hydrogens is 348 g/mol. The summed E-state index contributed by atoms with van der Waals surface area (Å²) in [5.41, 5.74) is 6.87. The van der Waals surface area contributed by atoms with Crippen molar-refractivity contribution in [2.24, 2.45) is 5.10 Å². The molecule has 21 heavy (non-hydrogen) atoms. The summed E-state index contributed by atoms with van der Waals surface area (Å²) in [4.78, 5) is 4.51. The summed E-state index contributed by atoms with van der Waals surface area (Å²) < 4.78 is 0. The zero-order valence-electron chi connectivity index (χ0n) is 11.4. The van der Waals surface area contributed by atoms with Crippen LogP contribution in [0, 0.1) is 11.3 Å². The number of hydrazone groups is 1. The first-order valence-electron chi connectivity index (χ1n) is 6.63. The Hall–Kier alpha value is -1.71. The smallest absolute Gasteiger partial charge is 0.203 e. The Balaban J connectivity index is 0.00000161. The topological polar surface area (TPSA) is 61.1 Å². The molecule has 1 saturated carbocycles. The lowest BCUT2D eigenvalue weighted by molar-refractivity contribution is 0.886. The van der Waals surface area contributed by atoms with E-state index in [0.29, 0.717) is 5.56 Å². The number of anilines is 1. The molecule has 1 aliphatic rings. The molecule has 4 nitrogen and oxygen atoms in total. The van der Waals surface area contributed by atoms with Crippen molar-refractivity contribution in [3.8, 4) is 17.3 Å². The molecule has 2 aromatic rings. The van der Waals surface area contributed by atoms with E-state index >= 15 is 0 Å². The molecule has 1 heterocycles. The van der Waals surface area contributed by atoms with E-state index in [0.717, 1.165) is 29.2 Å². The van der Waals surface area contributed by atoms with Crippen LogP contribution < -0.4 is 5.43 Å². The fraction of sp³-hybridized carbons (Fsp3) is 0.267. The second-order valence-corrected chi connectivity index (χ2v) is 5.58. The molecule has 3 rings (SSSR count). The highest BCUT2D eigenvalue weighted by Crippen LogP contribution is 2.25. The number of hydrogen-bond acceptors (Lipinski definition) is 5. The Morgan fingerprint density at radius 3 is 2.57 bits per heavy atom. The van der Waals surface area contributed by atoms with Gasteiger partial charge in [-0.3, -0.25) is 5.43 Å². The van der Waals surface area contributed by atoms with Crippen LogP contribution in [0.15, 0.2) is 34.7 Å². The molecule has 1 aromatic carbocycles. The van der Waals surface area contributed by atoms with Crippen LogP contribution in [0.25, 0.3) is 11.3 Å². The van der Waals surface area contributed by atoms with E-state index in [2.05, 4.69) is 21.6 Å². The second-order valence-electron chi connectivity index (χ2n) is 4.72. The molecule has 0 spiro atoms. The van der Waals surface area contributed by atoms with Crippen LogP contribution in [0.1, 0.15) is 31.2 Å². The summed E-state index contributed by atoms with van der Waals surface area (Å²) in [6, 6.07) is 9.56. The number of nitrogens with one attached hydrogen (secondary N) is 1. The standard InChI is InChI=1S/C15H14N4S.BrH/c16-9-11-5-7-12(8-6-11)14-10-20-15(17-14)19-18-13-3-1-2-4-13;/h5-8,10H,1-4H2,(H,17,19);1H. The van der Waals surface area contributed by atoms with Crippen molar-refractivity contribution in [2.45, 2.75) is 25.7 Å². The molecule has 6 heteroatoms. The number of rotatable bonds is 3. The van der Waals surface area contributed by atoms with Gasteiger partial charge in [-0.25, -0.2) is 4.98 Å². The minimum atomic E-state index is 0. The number of thiazole rings is 1. The SMILES string of the molecule is Br.N#Cc1ccc(-c2csc(NN=C3CCCC3)n2)cc1. The minimum Gasteiger partial charge on any atom is -0.253 e. The Labute approximate surface area is 138 Å². The maximum atomic E-state index is 8.79. The molecule has 0 radical (unpaired) electrons. The number of nitrogens with zero attached hydrogens (tertiary/aromatic N) is 3. The van der Waals surface area contributed by atoms with Crippen LogP contribution in [0.5, 0.6) is 0 Å². The molecule has 1 aliphatic carbocycles. The van der Waals surface area contributed by atoms with Crippen LogP contribution in [0.4, 0.5) is 5.13 Å². The number of halogens is 1. The van der Waals surface area contributed by atoms with Gasteiger partial charge in [-0.1, -0.05) is 12.1 Å². The van der Waals surface area contributed by atoms with Gasteiger partial charge in [0.15, 0.2) is 0 Å². The Kier molecular flexibility index (Phi) is 5.48. The molecule has 0 bridgehead atoms. The molecule has 0 aliphatic heterocycles. The van der Waals surface area contributed by atoms with Crippen LogP contribution in [0.3, 0.4) is 0 Å². The van der Waals surface area contributed by atoms with Crippen molar-refractivity contribution in [3.05, 3.63) is 35.2 Å². The Morgan fingerprint density at radius 1 is 1.19 bits per heavy atom. The van der Waals surface area contributed by atoms with Gasteiger partial charge < -0.3 is 0 Å². The van der Waals surface area contributed by atoms with Crippen LogP contribution >= 0.6 is 28.3 Å². The highest BCUT2D eigenvalue weighted by Gasteiger charge is 2.09. The van der Waals surface area contributed by atoms with Crippen LogP contribution in [-0.2, 0) is 0 Å². The number of hydrogen-bond donors (Lipinski definition) is 1. The average Bonchev–Trinajstić information content (AvgIpc) is 3.17. The predicted octanol–water partition coefficient (Wildman–Crippen LogP) is 4.60. The van der Waals surface area contributed by atoms with Gasteiger partial charge in [0, 0.05) is 16.7 Å². The summed E-state index contributed by atoms with van der Waals surface area (Å²) in [5.74, 6) is 0. The van der Waals surface area contributed by atoms with Gasteiger partial charge in [-0.05, 0) is 37.8 Å². The van der Waals surface area contributed by atoms with E-state index < -0.39 is 0 Å². The quantitative estimate of drug-likeness (QED) is 0.811. The van der Waals surface area contributed by atoms with E-state index in [9.17, 15) is 0 Å². The van der Waals surface area contributed by atoms with Gasteiger partial charge in [0.05, 0.1) is 17.3 Å². The summed E-state index contributed by atoms with van der Waals surface area (Å²) in [7, 11) is 0. The first-order chi connectivity index (χ1) is 9.85. The van der Waals surface area contributed by atoms with Gasteiger partial charge in [0.1, 0.15) is 0 Å². The maximum absolute atomic E-state index is 8.79. The lowest BCUT2D eigenvalue weighted by atomic mass is 10.1. The van der Waals surface area contributed by atoms with Crippen LogP contribution in [0.2, 0.25) is 0 Å². The molecule has 1 fully saturated rings. The normalized spacial score (nSPS) is 13.4. The fourth-order valence-corrected chi connectivity index (χ4v) is 2.86. The third-order valence-electron chi connectivity index (χ3n) is 3.30. The molecule has 0 saturated heterocycles. The van der Waals surface area contributed by atoms with E-state index in [4.69, 9.17) is 5.26 Å². The Morgan fingerprint density at radius 2 is 1.90 bits per heavy atom. The summed E-state index contributed by atoms with van der Waals surface area (Å²) in [6.07, 6.45) is 4.69. The number of benzene rings is 1. The van der Waals surface area contributed by atoms with E-state index in [1.807, 2.05) is 17.5 Å². The average molecular weight is 363 g/mol. The largest absolute Gasteiger partial charge is 0.253 e. The van der Waals surface area contributed by atoms with Gasteiger partial charge in [-0.15, -0.1) is 28.3 Å². The third kappa shape index (κ3) is 3.90. The number of nitriles is 1. The lowest BCUT2D eigenvalue weighted by Crippen LogP contribution is -1.95. The molecule has 0 unspecified atom stereocenters. The van der Waals surface area contributed by atoms with Crippen molar-refractivity contribution in [1.82, 2.24) is 4.98 Å². The first kappa shape index (κ1) is 15.7. The van der Waals surface area contributed by atoms with Crippen molar-refractivity contribution in [2.75, 3.05) is 5.43 Å². The van der Waals surface area contributed by atoms with Gasteiger partial charge in [-0.2, -0.15) is 10.4 Å². The van der Waals surface area contributed by atoms with Gasteiger partial charge in [0.2, 0.25) is 5.13 Å². The Bertz CT molecular complexity index is 662. The molecule has 1 aromatic heterocycles. The fourth-order valence-electron chi connectivity index (χ4n) is 2.19. The van der Waals surface area contributed by atoms with E-state index in [-0.39, 0.29) is 17.0 Å². The third-order valence-corrected chi connectivity index (χ3v) is 4.05. The highest BCUT2D eigenvalue weighted by molar-refractivity contribution is 8.93. The zero-order chi connectivity index (χ0) is 13.8. The van der Waals surface area contributed by atoms with Crippen molar-refractivity contribution in [1.29, 1.82) is 5.26 Å². The second kappa shape index (κ2) is 7.34. The molecule has 0 atom stereocenters. The molecular formula is C15H15BrN4S. The van der Waals surface area contributed by atoms with Crippen LogP contribution in [-0.4, -0.2) is 10.7 Å². The summed E-state index contributed by atoms with van der Waals surface area (Å²) in [5, 5.41) is 16.0. The monoisotopic (exact) mass is 362 g/mol. The highest BCUT2D eigenvalue weighted by atomic mass is 79.9. The summed E-state index contributed by atoms with van der Waals surface area (Å²) in [6.45, 7) is 0. The van der Waals surface area contributed by atoms with E-state index in [1.54, 1.807) is 23.5 Å². The van der Waals surface area contributed by atoms with E-state index in [1.165, 1.54) is 18.6 Å². The molecule has 1 N–H and O–H groups in total. The first-order valence-corrected chi connectivity index (χ1v) is 7.50. The predicted molar refractivity (Wildman–Crippen MR) is 92.1 cm³/mol. The lowest BCUT2D eigenvalue weighted by Gasteiger charge is -1.97. The minimum absolute atomic E-state index is 0. The summed E-state index contributed by atoms with van der Waals surface area (Å²) >= 11 is 1.54. The van der Waals surface area contributed by atoms with Crippen molar-refractivity contribution < 1.29 is 0 Å². The maximum Gasteiger partial charge on any atom is 0.203 e. The van der Waals surface area contributed by atoms with Gasteiger partial charge in [0.25, 0.3) is 0 Å². The zero-order valence-corrected chi connectivity index (χ0v) is 13.9. The van der Waals surface area contributed by atoms with Gasteiger partial charge >= 0.3 is 0 Å². The molecule has 108 valence electrons. The van der Waals surface area contributed by atoms with Crippen molar-refractivity contribution in [3.63, 3.8) is 0 Å².